The maximum atomic E-state index is 13.3. The standard InChI is InChI=1S/C14H21FN2O.ClH/c1-16-11-12-5-4-8-17(12)9-10-18-14-7-3-2-6-13(14)15;/h2-3,6-7,12,16H,4-5,8-11H2,1H3;1H. The topological polar surface area (TPSA) is 24.5 Å². The summed E-state index contributed by atoms with van der Waals surface area (Å²) in [4.78, 5) is 2.41. The van der Waals surface area contributed by atoms with Crippen LogP contribution < -0.4 is 10.1 Å². The molecule has 19 heavy (non-hydrogen) atoms. The minimum Gasteiger partial charge on any atom is -0.489 e. The van der Waals surface area contributed by atoms with Crippen LogP contribution >= 0.6 is 12.4 Å². The van der Waals surface area contributed by atoms with Crippen molar-refractivity contribution in [2.45, 2.75) is 18.9 Å². The fourth-order valence-electron chi connectivity index (χ4n) is 2.49. The van der Waals surface area contributed by atoms with Gasteiger partial charge in [0.05, 0.1) is 0 Å². The Morgan fingerprint density at radius 2 is 2.21 bits per heavy atom. The number of likely N-dealkylation sites (N-methyl/N-ethyl adjacent to an activating group) is 1. The number of likely N-dealkylation sites (tertiary alicyclic amines) is 1. The van der Waals surface area contributed by atoms with E-state index in [0.29, 0.717) is 18.4 Å². The second kappa shape index (κ2) is 8.35. The van der Waals surface area contributed by atoms with Crippen LogP contribution in [0.2, 0.25) is 0 Å². The molecule has 1 unspecified atom stereocenters. The molecule has 0 spiro atoms. The maximum Gasteiger partial charge on any atom is 0.165 e. The Morgan fingerprint density at radius 1 is 1.42 bits per heavy atom. The number of ether oxygens (including phenoxy) is 1. The fourth-order valence-corrected chi connectivity index (χ4v) is 2.49. The molecule has 0 saturated carbocycles. The molecule has 1 aliphatic heterocycles. The van der Waals surface area contributed by atoms with Crippen molar-refractivity contribution in [1.82, 2.24) is 10.2 Å². The van der Waals surface area contributed by atoms with Crippen molar-refractivity contribution in [2.75, 3.05) is 33.3 Å². The maximum absolute atomic E-state index is 13.3. The molecule has 108 valence electrons. The van der Waals surface area contributed by atoms with Gasteiger partial charge in [0.2, 0.25) is 0 Å². The van der Waals surface area contributed by atoms with Gasteiger partial charge in [0, 0.05) is 19.1 Å². The molecule has 1 atom stereocenters. The monoisotopic (exact) mass is 288 g/mol. The molecule has 1 saturated heterocycles. The van der Waals surface area contributed by atoms with E-state index in [1.165, 1.54) is 18.9 Å². The molecule has 1 N–H and O–H groups in total. The second-order valence-corrected chi connectivity index (χ2v) is 4.67. The third-order valence-corrected chi connectivity index (χ3v) is 3.41. The van der Waals surface area contributed by atoms with E-state index in [0.717, 1.165) is 19.6 Å². The van der Waals surface area contributed by atoms with Crippen molar-refractivity contribution in [3.05, 3.63) is 30.1 Å². The summed E-state index contributed by atoms with van der Waals surface area (Å²) < 4.78 is 18.8. The Balaban J connectivity index is 0.00000180. The highest BCUT2D eigenvalue weighted by Crippen LogP contribution is 2.18. The van der Waals surface area contributed by atoms with Gasteiger partial charge >= 0.3 is 0 Å². The number of hydrogen-bond donors (Lipinski definition) is 1. The van der Waals surface area contributed by atoms with Crippen LogP contribution in [0.15, 0.2) is 24.3 Å². The van der Waals surface area contributed by atoms with Crippen LogP contribution in [0.1, 0.15) is 12.8 Å². The van der Waals surface area contributed by atoms with Gasteiger partial charge < -0.3 is 10.1 Å². The molecule has 0 aromatic heterocycles. The summed E-state index contributed by atoms with van der Waals surface area (Å²) in [6, 6.07) is 7.16. The van der Waals surface area contributed by atoms with Gasteiger partial charge in [-0.15, -0.1) is 12.4 Å². The number of nitrogens with one attached hydrogen (secondary N) is 1. The van der Waals surface area contributed by atoms with Gasteiger partial charge in [-0.05, 0) is 38.6 Å². The molecule has 1 aliphatic rings. The van der Waals surface area contributed by atoms with E-state index in [1.807, 2.05) is 7.05 Å². The number of benzene rings is 1. The largest absolute Gasteiger partial charge is 0.489 e. The first kappa shape index (κ1) is 16.2. The SMILES string of the molecule is CNCC1CCCN1CCOc1ccccc1F.Cl. The summed E-state index contributed by atoms with van der Waals surface area (Å²) in [6.07, 6.45) is 2.48. The molecule has 3 nitrogen and oxygen atoms in total. The van der Waals surface area contributed by atoms with Gasteiger partial charge in [-0.3, -0.25) is 4.90 Å². The quantitative estimate of drug-likeness (QED) is 0.869. The molecule has 1 heterocycles. The summed E-state index contributed by atoms with van der Waals surface area (Å²) in [5.74, 6) is 0.0626. The summed E-state index contributed by atoms with van der Waals surface area (Å²) in [6.45, 7) is 3.54. The smallest absolute Gasteiger partial charge is 0.165 e. The summed E-state index contributed by atoms with van der Waals surface area (Å²) in [5, 5.41) is 3.21. The van der Waals surface area contributed by atoms with Crippen molar-refractivity contribution in [3.63, 3.8) is 0 Å². The summed E-state index contributed by atoms with van der Waals surface area (Å²) in [5.41, 5.74) is 0. The van der Waals surface area contributed by atoms with Gasteiger partial charge in [-0.25, -0.2) is 4.39 Å². The zero-order valence-electron chi connectivity index (χ0n) is 11.3. The molecular formula is C14H22ClFN2O. The Morgan fingerprint density at radius 3 is 2.95 bits per heavy atom. The van der Waals surface area contributed by atoms with Gasteiger partial charge in [-0.2, -0.15) is 0 Å². The van der Waals surface area contributed by atoms with Crippen molar-refractivity contribution in [1.29, 1.82) is 0 Å². The highest BCUT2D eigenvalue weighted by molar-refractivity contribution is 5.85. The molecule has 0 bridgehead atoms. The van der Waals surface area contributed by atoms with Crippen LogP contribution in [0.4, 0.5) is 4.39 Å². The van der Waals surface area contributed by atoms with E-state index in [1.54, 1.807) is 18.2 Å². The molecule has 0 aliphatic carbocycles. The lowest BCUT2D eigenvalue weighted by molar-refractivity contribution is 0.192. The minimum atomic E-state index is -0.286. The number of nitrogens with zero attached hydrogens (tertiary/aromatic N) is 1. The van der Waals surface area contributed by atoms with Gasteiger partial charge in [-0.1, -0.05) is 12.1 Å². The lowest BCUT2D eigenvalue weighted by atomic mass is 10.2. The van der Waals surface area contributed by atoms with Crippen LogP contribution in [0.3, 0.4) is 0 Å². The average Bonchev–Trinajstić information content (AvgIpc) is 2.80. The van der Waals surface area contributed by atoms with Crippen LogP contribution in [0.5, 0.6) is 5.75 Å². The predicted octanol–water partition coefficient (Wildman–Crippen LogP) is 2.31. The summed E-state index contributed by atoms with van der Waals surface area (Å²) >= 11 is 0. The first-order chi connectivity index (χ1) is 8.81. The van der Waals surface area contributed by atoms with E-state index in [-0.39, 0.29) is 18.2 Å². The Bertz CT molecular complexity index is 378. The third-order valence-electron chi connectivity index (χ3n) is 3.41. The number of halogens is 2. The van der Waals surface area contributed by atoms with Gasteiger partial charge in [0.1, 0.15) is 6.61 Å². The van der Waals surface area contributed by atoms with E-state index in [9.17, 15) is 4.39 Å². The van der Waals surface area contributed by atoms with Crippen molar-refractivity contribution < 1.29 is 9.13 Å². The zero-order valence-corrected chi connectivity index (χ0v) is 12.1. The molecule has 1 fully saturated rings. The molecule has 2 rings (SSSR count). The van der Waals surface area contributed by atoms with Crippen molar-refractivity contribution >= 4 is 12.4 Å². The van der Waals surface area contributed by atoms with Crippen LogP contribution in [0, 0.1) is 5.82 Å². The first-order valence-electron chi connectivity index (χ1n) is 6.57. The minimum absolute atomic E-state index is 0. The lowest BCUT2D eigenvalue weighted by Gasteiger charge is -2.24. The number of para-hydroxylation sites is 1. The van der Waals surface area contributed by atoms with Crippen LogP contribution in [0.25, 0.3) is 0 Å². The number of rotatable bonds is 6. The third kappa shape index (κ3) is 4.64. The molecule has 1 aromatic carbocycles. The summed E-state index contributed by atoms with van der Waals surface area (Å²) in [7, 11) is 1.98. The van der Waals surface area contributed by atoms with E-state index in [2.05, 4.69) is 10.2 Å². The second-order valence-electron chi connectivity index (χ2n) is 4.67. The molecule has 0 radical (unpaired) electrons. The fraction of sp³-hybridized carbons (Fsp3) is 0.571. The van der Waals surface area contributed by atoms with Crippen LogP contribution in [-0.2, 0) is 0 Å². The van der Waals surface area contributed by atoms with Crippen LogP contribution in [-0.4, -0.2) is 44.2 Å². The van der Waals surface area contributed by atoms with E-state index >= 15 is 0 Å². The van der Waals surface area contributed by atoms with E-state index in [4.69, 9.17) is 4.74 Å². The lowest BCUT2D eigenvalue weighted by Crippen LogP contribution is -2.39. The van der Waals surface area contributed by atoms with Gasteiger partial charge in [0.25, 0.3) is 0 Å². The highest BCUT2D eigenvalue weighted by atomic mass is 35.5. The molecule has 0 amide bonds. The Hall–Kier alpha value is -0.840. The highest BCUT2D eigenvalue weighted by Gasteiger charge is 2.23. The Labute approximate surface area is 120 Å². The molecule has 1 aromatic rings. The number of hydrogen-bond acceptors (Lipinski definition) is 3. The molecular weight excluding hydrogens is 267 g/mol. The van der Waals surface area contributed by atoms with Crippen molar-refractivity contribution in [2.24, 2.45) is 0 Å². The zero-order chi connectivity index (χ0) is 12.8. The molecule has 5 heteroatoms. The Kier molecular flexibility index (Phi) is 7.13. The van der Waals surface area contributed by atoms with E-state index < -0.39 is 0 Å². The average molecular weight is 289 g/mol. The predicted molar refractivity (Wildman–Crippen MR) is 77.7 cm³/mol. The van der Waals surface area contributed by atoms with Crippen molar-refractivity contribution in [3.8, 4) is 5.75 Å². The first-order valence-corrected chi connectivity index (χ1v) is 6.57. The van der Waals surface area contributed by atoms with Gasteiger partial charge in [0.15, 0.2) is 11.6 Å². The normalized spacial score (nSPS) is 19.2.